The molecule has 0 aromatic carbocycles. The molecule has 0 amide bonds. The Balaban J connectivity index is 1.56. The highest BCUT2D eigenvalue weighted by Gasteiger charge is 2.60. The standard InChI is InChI=1S/C17H29NO/c1-15-7-14-8-16(2,10-15)12-17(9-14,11-15)13-18-3-5-19-6-4-18/h14H,3-13H2,1-2H3/t14?,15-,16-,17?/m0/s1. The molecule has 0 aromatic heterocycles. The molecular weight excluding hydrogens is 234 g/mol. The number of morpholine rings is 1. The predicted molar refractivity (Wildman–Crippen MR) is 77.1 cm³/mol. The third-order valence-corrected chi connectivity index (χ3v) is 6.40. The Hall–Kier alpha value is -0.0800. The van der Waals surface area contributed by atoms with E-state index in [1.54, 1.807) is 0 Å². The van der Waals surface area contributed by atoms with Crippen LogP contribution in [0.15, 0.2) is 0 Å². The van der Waals surface area contributed by atoms with Gasteiger partial charge in [0.25, 0.3) is 0 Å². The maximum atomic E-state index is 5.52. The molecule has 5 rings (SSSR count). The van der Waals surface area contributed by atoms with Crippen molar-refractivity contribution in [3.63, 3.8) is 0 Å². The molecule has 1 aliphatic heterocycles. The summed E-state index contributed by atoms with van der Waals surface area (Å²) < 4.78 is 5.52. The Bertz CT molecular complexity index is 355. The van der Waals surface area contributed by atoms with Crippen LogP contribution in [0.25, 0.3) is 0 Å². The van der Waals surface area contributed by atoms with E-state index in [2.05, 4.69) is 18.7 Å². The second-order valence-corrected chi connectivity index (χ2v) is 9.02. The fraction of sp³-hybridized carbons (Fsp3) is 1.00. The molecule has 1 saturated heterocycles. The van der Waals surface area contributed by atoms with Gasteiger partial charge in [-0.05, 0) is 60.7 Å². The van der Waals surface area contributed by atoms with Crippen LogP contribution in [-0.2, 0) is 4.74 Å². The van der Waals surface area contributed by atoms with E-state index in [-0.39, 0.29) is 0 Å². The monoisotopic (exact) mass is 263 g/mol. The Morgan fingerprint density at radius 3 is 2.16 bits per heavy atom. The van der Waals surface area contributed by atoms with E-state index in [4.69, 9.17) is 4.74 Å². The smallest absolute Gasteiger partial charge is 0.0594 e. The van der Waals surface area contributed by atoms with E-state index < -0.39 is 0 Å². The highest BCUT2D eigenvalue weighted by atomic mass is 16.5. The molecule has 0 N–H and O–H groups in total. The molecule has 2 atom stereocenters. The molecule has 0 aromatic rings. The summed E-state index contributed by atoms with van der Waals surface area (Å²) in [6.07, 6.45) is 9.07. The average Bonchev–Trinajstić information content (AvgIpc) is 2.24. The maximum absolute atomic E-state index is 5.52. The number of hydrogen-bond donors (Lipinski definition) is 0. The summed E-state index contributed by atoms with van der Waals surface area (Å²) in [4.78, 5) is 2.70. The molecule has 2 nitrogen and oxygen atoms in total. The van der Waals surface area contributed by atoms with Crippen LogP contribution in [0.5, 0.6) is 0 Å². The molecule has 4 saturated carbocycles. The van der Waals surface area contributed by atoms with Gasteiger partial charge in [0.2, 0.25) is 0 Å². The largest absolute Gasteiger partial charge is 0.379 e. The first kappa shape index (κ1) is 12.6. The van der Waals surface area contributed by atoms with Gasteiger partial charge in [0.05, 0.1) is 13.2 Å². The molecule has 19 heavy (non-hydrogen) atoms. The molecule has 0 radical (unpaired) electrons. The van der Waals surface area contributed by atoms with Crippen LogP contribution in [0.4, 0.5) is 0 Å². The molecule has 4 bridgehead atoms. The quantitative estimate of drug-likeness (QED) is 0.758. The Kier molecular flexibility index (Phi) is 2.65. The lowest BCUT2D eigenvalue weighted by atomic mass is 9.40. The summed E-state index contributed by atoms with van der Waals surface area (Å²) in [6, 6.07) is 0. The Labute approximate surface area is 117 Å². The molecular formula is C17H29NO. The second kappa shape index (κ2) is 3.98. The molecule has 5 fully saturated rings. The van der Waals surface area contributed by atoms with Gasteiger partial charge >= 0.3 is 0 Å². The third-order valence-electron chi connectivity index (χ3n) is 6.40. The van der Waals surface area contributed by atoms with Crippen LogP contribution in [0, 0.1) is 22.2 Å². The zero-order chi connectivity index (χ0) is 13.1. The van der Waals surface area contributed by atoms with Crippen molar-refractivity contribution >= 4 is 0 Å². The molecule has 108 valence electrons. The average molecular weight is 263 g/mol. The number of nitrogens with zero attached hydrogens (tertiary/aromatic N) is 1. The van der Waals surface area contributed by atoms with E-state index in [0.717, 1.165) is 19.1 Å². The van der Waals surface area contributed by atoms with Crippen LogP contribution < -0.4 is 0 Å². The van der Waals surface area contributed by atoms with Gasteiger partial charge in [0, 0.05) is 19.6 Å². The van der Waals surface area contributed by atoms with Crippen molar-refractivity contribution in [2.75, 3.05) is 32.8 Å². The highest BCUT2D eigenvalue weighted by Crippen LogP contribution is 2.69. The van der Waals surface area contributed by atoms with Gasteiger partial charge in [0.1, 0.15) is 0 Å². The minimum atomic E-state index is 0.653. The summed E-state index contributed by atoms with van der Waals surface area (Å²) in [5.74, 6) is 1.03. The van der Waals surface area contributed by atoms with Crippen LogP contribution in [0.2, 0.25) is 0 Å². The fourth-order valence-electron chi connectivity index (χ4n) is 7.09. The molecule has 1 heterocycles. The first-order valence-corrected chi connectivity index (χ1v) is 8.29. The zero-order valence-electron chi connectivity index (χ0n) is 12.7. The zero-order valence-corrected chi connectivity index (χ0v) is 12.7. The van der Waals surface area contributed by atoms with Crippen LogP contribution >= 0.6 is 0 Å². The Morgan fingerprint density at radius 2 is 1.58 bits per heavy atom. The SMILES string of the molecule is C[C@@]12CC3CC(CN4CCOCC4)(C1)C[C@@](C)(C3)C2. The second-order valence-electron chi connectivity index (χ2n) is 9.02. The first-order valence-electron chi connectivity index (χ1n) is 8.29. The van der Waals surface area contributed by atoms with Crippen molar-refractivity contribution in [1.82, 2.24) is 4.90 Å². The van der Waals surface area contributed by atoms with E-state index in [1.807, 2.05) is 0 Å². The highest BCUT2D eigenvalue weighted by molar-refractivity contribution is 5.11. The molecule has 2 heteroatoms. The summed E-state index contributed by atoms with van der Waals surface area (Å²) in [5.41, 5.74) is 1.99. The normalized spacial score (nSPS) is 53.7. The summed E-state index contributed by atoms with van der Waals surface area (Å²) >= 11 is 0. The van der Waals surface area contributed by atoms with Crippen molar-refractivity contribution in [2.45, 2.75) is 52.4 Å². The van der Waals surface area contributed by atoms with Gasteiger partial charge in [0.15, 0.2) is 0 Å². The van der Waals surface area contributed by atoms with Crippen molar-refractivity contribution < 1.29 is 4.74 Å². The molecule has 4 aliphatic carbocycles. The molecule has 0 spiro atoms. The summed E-state index contributed by atoms with van der Waals surface area (Å²) in [6.45, 7) is 10.8. The van der Waals surface area contributed by atoms with E-state index in [1.165, 1.54) is 58.2 Å². The van der Waals surface area contributed by atoms with Gasteiger partial charge in [-0.3, -0.25) is 4.90 Å². The Morgan fingerprint density at radius 1 is 0.947 bits per heavy atom. The fourth-order valence-corrected chi connectivity index (χ4v) is 7.09. The van der Waals surface area contributed by atoms with E-state index in [9.17, 15) is 0 Å². The van der Waals surface area contributed by atoms with Gasteiger partial charge in [-0.1, -0.05) is 13.8 Å². The lowest BCUT2D eigenvalue weighted by Gasteiger charge is -2.66. The van der Waals surface area contributed by atoms with Crippen LogP contribution in [-0.4, -0.2) is 37.7 Å². The van der Waals surface area contributed by atoms with E-state index >= 15 is 0 Å². The van der Waals surface area contributed by atoms with Gasteiger partial charge in [-0.25, -0.2) is 0 Å². The predicted octanol–water partition coefficient (Wildman–Crippen LogP) is 3.32. The molecule has 5 aliphatic rings. The lowest BCUT2D eigenvalue weighted by Crippen LogP contribution is -2.58. The van der Waals surface area contributed by atoms with Crippen molar-refractivity contribution in [3.8, 4) is 0 Å². The van der Waals surface area contributed by atoms with Crippen molar-refractivity contribution in [1.29, 1.82) is 0 Å². The summed E-state index contributed by atoms with van der Waals surface area (Å²) in [5, 5.41) is 0. The van der Waals surface area contributed by atoms with Crippen LogP contribution in [0.3, 0.4) is 0 Å². The van der Waals surface area contributed by atoms with Gasteiger partial charge in [-0.15, -0.1) is 0 Å². The first-order chi connectivity index (χ1) is 8.99. The van der Waals surface area contributed by atoms with E-state index in [0.29, 0.717) is 16.2 Å². The maximum Gasteiger partial charge on any atom is 0.0594 e. The lowest BCUT2D eigenvalue weighted by molar-refractivity contribution is -0.156. The van der Waals surface area contributed by atoms with Gasteiger partial charge < -0.3 is 4.74 Å². The van der Waals surface area contributed by atoms with Crippen molar-refractivity contribution in [2.24, 2.45) is 22.2 Å². The third kappa shape index (κ3) is 2.15. The van der Waals surface area contributed by atoms with Crippen LogP contribution in [0.1, 0.15) is 52.4 Å². The minimum Gasteiger partial charge on any atom is -0.379 e. The number of ether oxygens (including phenoxy) is 1. The number of hydrogen-bond acceptors (Lipinski definition) is 2. The summed E-state index contributed by atoms with van der Waals surface area (Å²) in [7, 11) is 0. The van der Waals surface area contributed by atoms with Crippen molar-refractivity contribution in [3.05, 3.63) is 0 Å². The molecule has 0 unspecified atom stereocenters. The number of rotatable bonds is 2. The van der Waals surface area contributed by atoms with Gasteiger partial charge in [-0.2, -0.15) is 0 Å². The minimum absolute atomic E-state index is 0.653. The topological polar surface area (TPSA) is 12.5 Å².